The number of carboxylic acid groups (broad SMARTS) is 1. The average Bonchev–Trinajstić information content (AvgIpc) is 2.39. The molecule has 0 aliphatic carbocycles. The molecule has 108 valence electrons. The minimum atomic E-state index is -1.20. The zero-order valence-corrected chi connectivity index (χ0v) is 11.6. The van der Waals surface area contributed by atoms with E-state index in [0.717, 1.165) is 18.1 Å². The fourth-order valence-corrected chi connectivity index (χ4v) is 2.93. The Kier molecular flexibility index (Phi) is 4.86. The minimum Gasteiger partial charge on any atom is -0.507 e. The Morgan fingerprint density at radius 1 is 1.45 bits per heavy atom. The van der Waals surface area contributed by atoms with Crippen LogP contribution in [0.3, 0.4) is 0 Å². The van der Waals surface area contributed by atoms with Crippen LogP contribution in [0.25, 0.3) is 0 Å². The minimum absolute atomic E-state index is 0.153. The highest BCUT2D eigenvalue weighted by Crippen LogP contribution is 2.22. The van der Waals surface area contributed by atoms with Gasteiger partial charge < -0.3 is 20.8 Å². The number of carbonyl (C=O) groups excluding carboxylic acids is 1. The van der Waals surface area contributed by atoms with Gasteiger partial charge in [0, 0.05) is 42.3 Å². The van der Waals surface area contributed by atoms with E-state index in [1.54, 1.807) is 0 Å². The Hall–Kier alpha value is -1.73. The van der Waals surface area contributed by atoms with Gasteiger partial charge in [-0.05, 0) is 12.1 Å². The van der Waals surface area contributed by atoms with E-state index in [9.17, 15) is 14.7 Å². The largest absolute Gasteiger partial charge is 0.507 e. The van der Waals surface area contributed by atoms with Crippen LogP contribution in [-0.4, -0.2) is 46.2 Å². The Morgan fingerprint density at radius 3 is 2.85 bits per heavy atom. The third kappa shape index (κ3) is 3.88. The molecule has 0 spiro atoms. The van der Waals surface area contributed by atoms with E-state index in [4.69, 9.17) is 5.11 Å². The highest BCUT2D eigenvalue weighted by molar-refractivity contribution is 7.99. The fraction of sp³-hybridized carbons (Fsp3) is 0.385. The summed E-state index contributed by atoms with van der Waals surface area (Å²) in [6.45, 7) is 0.900. The van der Waals surface area contributed by atoms with E-state index in [0.29, 0.717) is 12.1 Å². The molecule has 2 rings (SSSR count). The topological polar surface area (TPSA) is 98.7 Å². The van der Waals surface area contributed by atoms with E-state index in [2.05, 4.69) is 10.6 Å². The maximum atomic E-state index is 11.9. The predicted molar refractivity (Wildman–Crippen MR) is 77.4 cm³/mol. The second-order valence-corrected chi connectivity index (χ2v) is 5.67. The van der Waals surface area contributed by atoms with E-state index in [1.165, 1.54) is 18.2 Å². The van der Waals surface area contributed by atoms with Crippen LogP contribution in [-0.2, 0) is 4.79 Å². The normalized spacial score (nSPS) is 18.5. The van der Waals surface area contributed by atoms with E-state index < -0.39 is 5.97 Å². The number of thioether (sulfide) groups is 1. The maximum absolute atomic E-state index is 11.9. The number of aromatic hydroxyl groups is 1. The summed E-state index contributed by atoms with van der Waals surface area (Å²) >= 11 is 1.81. The van der Waals surface area contributed by atoms with E-state index in [-0.39, 0.29) is 23.3 Å². The lowest BCUT2D eigenvalue weighted by molar-refractivity contribution is -0.116. The molecule has 1 aromatic rings. The van der Waals surface area contributed by atoms with Gasteiger partial charge in [-0.15, -0.1) is 0 Å². The van der Waals surface area contributed by atoms with Gasteiger partial charge in [0.2, 0.25) is 5.91 Å². The molecule has 1 aromatic carbocycles. The van der Waals surface area contributed by atoms with Gasteiger partial charge >= 0.3 is 5.97 Å². The van der Waals surface area contributed by atoms with Gasteiger partial charge in [0.1, 0.15) is 11.3 Å². The number of rotatable bonds is 4. The molecule has 1 heterocycles. The molecule has 0 radical (unpaired) electrons. The molecule has 1 amide bonds. The van der Waals surface area contributed by atoms with Crippen LogP contribution < -0.4 is 10.6 Å². The van der Waals surface area contributed by atoms with Crippen LogP contribution in [0.2, 0.25) is 0 Å². The first-order valence-electron chi connectivity index (χ1n) is 6.23. The second kappa shape index (κ2) is 6.62. The first-order chi connectivity index (χ1) is 9.56. The van der Waals surface area contributed by atoms with Crippen LogP contribution in [0.4, 0.5) is 5.69 Å². The van der Waals surface area contributed by atoms with Crippen LogP contribution in [0, 0.1) is 0 Å². The third-order valence-electron chi connectivity index (χ3n) is 2.94. The summed E-state index contributed by atoms with van der Waals surface area (Å²) in [4.78, 5) is 22.6. The molecule has 0 saturated carbocycles. The van der Waals surface area contributed by atoms with Gasteiger partial charge in [-0.1, -0.05) is 0 Å². The maximum Gasteiger partial charge on any atom is 0.339 e. The van der Waals surface area contributed by atoms with E-state index >= 15 is 0 Å². The van der Waals surface area contributed by atoms with Gasteiger partial charge in [0.05, 0.1) is 0 Å². The highest BCUT2D eigenvalue weighted by atomic mass is 32.2. The Balaban J connectivity index is 1.93. The number of hydrogen-bond donors (Lipinski definition) is 4. The predicted octanol–water partition coefficient (Wildman–Crippen LogP) is 1.12. The van der Waals surface area contributed by atoms with Crippen molar-refractivity contribution in [2.45, 2.75) is 12.5 Å². The number of hydrogen-bond acceptors (Lipinski definition) is 5. The first kappa shape index (κ1) is 14.7. The van der Waals surface area contributed by atoms with Crippen molar-refractivity contribution in [2.75, 3.05) is 23.4 Å². The summed E-state index contributed by atoms with van der Waals surface area (Å²) in [5.74, 6) is 0.233. The molecule has 1 fully saturated rings. The SMILES string of the molecule is O=C(CC1CSCCN1)Nc1ccc(C(=O)O)c(O)c1. The number of phenols is 1. The molecule has 6 nitrogen and oxygen atoms in total. The van der Waals surface area contributed by atoms with Gasteiger partial charge in [0.15, 0.2) is 0 Å². The average molecular weight is 296 g/mol. The number of aromatic carboxylic acids is 1. The molecule has 20 heavy (non-hydrogen) atoms. The van der Waals surface area contributed by atoms with Crippen molar-refractivity contribution in [1.29, 1.82) is 0 Å². The van der Waals surface area contributed by atoms with Crippen molar-refractivity contribution in [3.63, 3.8) is 0 Å². The van der Waals surface area contributed by atoms with Crippen molar-refractivity contribution >= 4 is 29.3 Å². The molecule has 0 aromatic heterocycles. The second-order valence-electron chi connectivity index (χ2n) is 4.52. The number of carboxylic acids is 1. The summed E-state index contributed by atoms with van der Waals surface area (Å²) in [6, 6.07) is 4.12. The Morgan fingerprint density at radius 2 is 2.25 bits per heavy atom. The Labute approximate surface area is 120 Å². The number of anilines is 1. The van der Waals surface area contributed by atoms with Crippen molar-refractivity contribution in [2.24, 2.45) is 0 Å². The number of nitrogens with one attached hydrogen (secondary N) is 2. The monoisotopic (exact) mass is 296 g/mol. The lowest BCUT2D eigenvalue weighted by atomic mass is 10.1. The fourth-order valence-electron chi connectivity index (χ4n) is 1.98. The summed E-state index contributed by atoms with van der Waals surface area (Å²) in [7, 11) is 0. The molecule has 1 aliphatic rings. The lowest BCUT2D eigenvalue weighted by Gasteiger charge is -2.22. The summed E-state index contributed by atoms with van der Waals surface area (Å²) in [6.07, 6.45) is 0.356. The zero-order chi connectivity index (χ0) is 14.5. The molecule has 1 aliphatic heterocycles. The summed E-state index contributed by atoms with van der Waals surface area (Å²) < 4.78 is 0. The Bertz CT molecular complexity index is 515. The van der Waals surface area contributed by atoms with Crippen molar-refractivity contribution in [3.05, 3.63) is 23.8 Å². The smallest absolute Gasteiger partial charge is 0.339 e. The van der Waals surface area contributed by atoms with Crippen molar-refractivity contribution in [3.8, 4) is 5.75 Å². The highest BCUT2D eigenvalue weighted by Gasteiger charge is 2.17. The van der Waals surface area contributed by atoms with Crippen molar-refractivity contribution < 1.29 is 19.8 Å². The molecule has 1 unspecified atom stereocenters. The molecule has 0 bridgehead atoms. The third-order valence-corrected chi connectivity index (χ3v) is 4.07. The molecular weight excluding hydrogens is 280 g/mol. The van der Waals surface area contributed by atoms with Crippen LogP contribution in [0.15, 0.2) is 18.2 Å². The quantitative estimate of drug-likeness (QED) is 0.665. The number of benzene rings is 1. The number of amides is 1. The van der Waals surface area contributed by atoms with Crippen LogP contribution in [0.5, 0.6) is 5.75 Å². The first-order valence-corrected chi connectivity index (χ1v) is 7.39. The standard InChI is InChI=1S/C13H16N2O4S/c16-11-5-8(1-2-10(11)13(18)19)15-12(17)6-9-7-20-4-3-14-9/h1-2,5,9,14,16H,3-4,6-7H2,(H,15,17)(H,18,19). The molecule has 1 atom stereocenters. The van der Waals surface area contributed by atoms with Gasteiger partial charge in [-0.2, -0.15) is 11.8 Å². The van der Waals surface area contributed by atoms with Crippen LogP contribution in [0.1, 0.15) is 16.8 Å². The number of carbonyl (C=O) groups is 2. The van der Waals surface area contributed by atoms with Gasteiger partial charge in [0.25, 0.3) is 0 Å². The summed E-state index contributed by atoms with van der Waals surface area (Å²) in [5.41, 5.74) is 0.203. The molecular formula is C13H16N2O4S. The van der Waals surface area contributed by atoms with E-state index in [1.807, 2.05) is 11.8 Å². The molecule has 7 heteroatoms. The molecule has 1 saturated heterocycles. The molecule has 4 N–H and O–H groups in total. The lowest BCUT2D eigenvalue weighted by Crippen LogP contribution is -2.39. The summed E-state index contributed by atoms with van der Waals surface area (Å²) in [5, 5.41) is 24.3. The van der Waals surface area contributed by atoms with Crippen molar-refractivity contribution in [1.82, 2.24) is 5.32 Å². The van der Waals surface area contributed by atoms with Gasteiger partial charge in [-0.25, -0.2) is 4.79 Å². The zero-order valence-electron chi connectivity index (χ0n) is 10.8. The van der Waals surface area contributed by atoms with Crippen LogP contribution >= 0.6 is 11.8 Å². The van der Waals surface area contributed by atoms with Gasteiger partial charge in [-0.3, -0.25) is 4.79 Å².